The maximum absolute atomic E-state index is 12.8. The molecule has 0 aliphatic carbocycles. The van der Waals surface area contributed by atoms with E-state index in [0.717, 1.165) is 6.92 Å². The summed E-state index contributed by atoms with van der Waals surface area (Å²) in [6.07, 6.45) is 0. The molecule has 2 nitrogen and oxygen atoms in total. The van der Waals surface area contributed by atoms with E-state index in [1.807, 2.05) is 0 Å². The van der Waals surface area contributed by atoms with Crippen LogP contribution in [0.25, 0.3) is 0 Å². The van der Waals surface area contributed by atoms with Crippen LogP contribution in [0.4, 0.5) is 8.78 Å². The van der Waals surface area contributed by atoms with Gasteiger partial charge in [0.1, 0.15) is 0 Å². The largest absolute Gasteiger partial charge is 0.454 e. The summed E-state index contributed by atoms with van der Waals surface area (Å²) in [4.78, 5) is 0. The van der Waals surface area contributed by atoms with Gasteiger partial charge in [0.15, 0.2) is 11.5 Å². The number of alkyl halides is 2. The van der Waals surface area contributed by atoms with Crippen LogP contribution in [0.1, 0.15) is 12.5 Å². The van der Waals surface area contributed by atoms with Crippen molar-refractivity contribution in [1.29, 1.82) is 0 Å². The number of halogens is 2. The van der Waals surface area contributed by atoms with Gasteiger partial charge in [-0.25, -0.2) is 8.78 Å². The third kappa shape index (κ3) is 1.43. The zero-order valence-electron chi connectivity index (χ0n) is 7.01. The first-order chi connectivity index (χ1) is 6.07. The van der Waals surface area contributed by atoms with Crippen LogP contribution in [-0.4, -0.2) is 6.79 Å². The van der Waals surface area contributed by atoms with Crippen molar-refractivity contribution in [3.05, 3.63) is 23.8 Å². The lowest BCUT2D eigenvalue weighted by Gasteiger charge is -2.10. The van der Waals surface area contributed by atoms with Crippen LogP contribution in [0.2, 0.25) is 0 Å². The van der Waals surface area contributed by atoms with Crippen molar-refractivity contribution >= 4 is 0 Å². The molecule has 1 aromatic rings. The van der Waals surface area contributed by atoms with Crippen molar-refractivity contribution in [2.75, 3.05) is 6.79 Å². The van der Waals surface area contributed by atoms with Gasteiger partial charge >= 0.3 is 0 Å². The molecular formula is C9H8F2O2. The van der Waals surface area contributed by atoms with Crippen molar-refractivity contribution < 1.29 is 18.3 Å². The first-order valence-electron chi connectivity index (χ1n) is 3.85. The average molecular weight is 186 g/mol. The second-order valence-electron chi connectivity index (χ2n) is 2.96. The molecule has 0 spiro atoms. The third-order valence-corrected chi connectivity index (χ3v) is 1.88. The highest BCUT2D eigenvalue weighted by Gasteiger charge is 2.26. The molecule has 0 bridgehead atoms. The summed E-state index contributed by atoms with van der Waals surface area (Å²) in [6.45, 7) is 0.957. The van der Waals surface area contributed by atoms with Gasteiger partial charge in [0.25, 0.3) is 5.92 Å². The van der Waals surface area contributed by atoms with E-state index in [1.54, 1.807) is 0 Å². The summed E-state index contributed by atoms with van der Waals surface area (Å²) in [7, 11) is 0. The molecule has 0 saturated heterocycles. The molecule has 0 N–H and O–H groups in total. The molecule has 70 valence electrons. The molecule has 1 aliphatic heterocycles. The Hall–Kier alpha value is -1.32. The predicted molar refractivity (Wildman–Crippen MR) is 42.1 cm³/mol. The Morgan fingerprint density at radius 3 is 2.62 bits per heavy atom. The Kier molecular flexibility index (Phi) is 1.65. The standard InChI is InChI=1S/C9H8F2O2/c1-9(10,11)6-2-3-7-8(4-6)13-5-12-7/h2-4H,5H2,1H3. The molecule has 1 heterocycles. The quantitative estimate of drug-likeness (QED) is 0.670. The second kappa shape index (κ2) is 2.58. The first kappa shape index (κ1) is 8.29. The summed E-state index contributed by atoms with van der Waals surface area (Å²) >= 11 is 0. The molecule has 0 aromatic heterocycles. The molecule has 0 saturated carbocycles. The zero-order valence-corrected chi connectivity index (χ0v) is 7.01. The van der Waals surface area contributed by atoms with Crippen LogP contribution in [0.5, 0.6) is 11.5 Å². The lowest BCUT2D eigenvalue weighted by molar-refractivity contribution is 0.0173. The number of ether oxygens (including phenoxy) is 2. The van der Waals surface area contributed by atoms with Crippen LogP contribution < -0.4 is 9.47 Å². The number of fused-ring (bicyclic) bond motifs is 1. The minimum Gasteiger partial charge on any atom is -0.454 e. The van der Waals surface area contributed by atoms with Crippen molar-refractivity contribution in [3.8, 4) is 11.5 Å². The number of hydrogen-bond acceptors (Lipinski definition) is 2. The maximum Gasteiger partial charge on any atom is 0.270 e. The van der Waals surface area contributed by atoms with E-state index in [-0.39, 0.29) is 12.4 Å². The highest BCUT2D eigenvalue weighted by Crippen LogP contribution is 2.37. The molecule has 2 rings (SSSR count). The maximum atomic E-state index is 12.8. The van der Waals surface area contributed by atoms with E-state index in [2.05, 4.69) is 0 Å². The van der Waals surface area contributed by atoms with Crippen LogP contribution in [0.3, 0.4) is 0 Å². The van der Waals surface area contributed by atoms with Crippen LogP contribution in [0.15, 0.2) is 18.2 Å². The smallest absolute Gasteiger partial charge is 0.270 e. The van der Waals surface area contributed by atoms with Crippen molar-refractivity contribution in [2.24, 2.45) is 0 Å². The van der Waals surface area contributed by atoms with Gasteiger partial charge in [0.2, 0.25) is 6.79 Å². The molecule has 0 amide bonds. The number of benzene rings is 1. The number of rotatable bonds is 1. The second-order valence-corrected chi connectivity index (χ2v) is 2.96. The Labute approximate surface area is 74.1 Å². The van der Waals surface area contributed by atoms with Crippen LogP contribution in [0, 0.1) is 0 Å². The molecular weight excluding hydrogens is 178 g/mol. The van der Waals surface area contributed by atoms with Crippen molar-refractivity contribution in [1.82, 2.24) is 0 Å². The fourth-order valence-electron chi connectivity index (χ4n) is 1.17. The van der Waals surface area contributed by atoms with E-state index < -0.39 is 5.92 Å². The Bertz CT molecular complexity index is 331. The average Bonchev–Trinajstić information content (AvgIpc) is 2.47. The summed E-state index contributed by atoms with van der Waals surface area (Å²) in [5.41, 5.74) is -0.0586. The molecule has 4 heteroatoms. The Morgan fingerprint density at radius 1 is 1.23 bits per heavy atom. The molecule has 1 aliphatic rings. The minimum atomic E-state index is -2.83. The van der Waals surface area contributed by atoms with E-state index in [4.69, 9.17) is 9.47 Å². The summed E-state index contributed by atoms with van der Waals surface area (Å²) in [5, 5.41) is 0. The summed E-state index contributed by atoms with van der Waals surface area (Å²) in [6, 6.07) is 4.14. The van der Waals surface area contributed by atoms with Crippen molar-refractivity contribution in [2.45, 2.75) is 12.8 Å². The van der Waals surface area contributed by atoms with Gasteiger partial charge < -0.3 is 9.47 Å². The van der Waals surface area contributed by atoms with Gasteiger partial charge in [-0.15, -0.1) is 0 Å². The molecule has 0 unspecified atom stereocenters. The van der Waals surface area contributed by atoms with Crippen molar-refractivity contribution in [3.63, 3.8) is 0 Å². The Morgan fingerprint density at radius 2 is 1.92 bits per heavy atom. The van der Waals surface area contributed by atoms with Gasteiger partial charge in [0.05, 0.1) is 0 Å². The molecule has 13 heavy (non-hydrogen) atoms. The zero-order chi connectivity index (χ0) is 9.47. The topological polar surface area (TPSA) is 18.5 Å². The van der Waals surface area contributed by atoms with Gasteiger partial charge in [0, 0.05) is 12.5 Å². The fourth-order valence-corrected chi connectivity index (χ4v) is 1.17. The van der Waals surface area contributed by atoms with E-state index in [1.165, 1.54) is 18.2 Å². The van der Waals surface area contributed by atoms with Gasteiger partial charge in [-0.1, -0.05) is 0 Å². The van der Waals surface area contributed by atoms with Gasteiger partial charge in [-0.2, -0.15) is 0 Å². The lowest BCUT2D eigenvalue weighted by Crippen LogP contribution is -2.06. The number of hydrogen-bond donors (Lipinski definition) is 0. The summed E-state index contributed by atoms with van der Waals surface area (Å²) < 4.78 is 35.6. The van der Waals surface area contributed by atoms with E-state index >= 15 is 0 Å². The third-order valence-electron chi connectivity index (χ3n) is 1.88. The lowest BCUT2D eigenvalue weighted by atomic mass is 10.1. The predicted octanol–water partition coefficient (Wildman–Crippen LogP) is 2.53. The van der Waals surface area contributed by atoms with Crippen LogP contribution in [-0.2, 0) is 5.92 Å². The fraction of sp³-hybridized carbons (Fsp3) is 0.333. The monoisotopic (exact) mass is 186 g/mol. The minimum absolute atomic E-state index is 0.0586. The highest BCUT2D eigenvalue weighted by atomic mass is 19.3. The molecule has 1 aromatic carbocycles. The molecule has 0 fully saturated rings. The van der Waals surface area contributed by atoms with Gasteiger partial charge in [-0.05, 0) is 18.2 Å². The molecule has 0 radical (unpaired) electrons. The van der Waals surface area contributed by atoms with E-state index in [9.17, 15) is 8.78 Å². The Balaban J connectivity index is 2.42. The van der Waals surface area contributed by atoms with E-state index in [0.29, 0.717) is 11.5 Å². The SMILES string of the molecule is CC(F)(F)c1ccc2c(c1)OCO2. The first-order valence-corrected chi connectivity index (χ1v) is 3.85. The van der Waals surface area contributed by atoms with Gasteiger partial charge in [-0.3, -0.25) is 0 Å². The summed E-state index contributed by atoms with van der Waals surface area (Å²) in [5.74, 6) is -1.92. The van der Waals surface area contributed by atoms with Crippen LogP contribution >= 0.6 is 0 Å². The normalized spacial score (nSPS) is 14.7. The molecule has 0 atom stereocenters. The highest BCUT2D eigenvalue weighted by molar-refractivity contribution is 5.45.